The second-order valence-electron chi connectivity index (χ2n) is 5.70. The maximum Gasteiger partial charge on any atom is 0.273 e. The average Bonchev–Trinajstić information content (AvgIpc) is 3.07. The Hall–Kier alpha value is -2.72. The summed E-state index contributed by atoms with van der Waals surface area (Å²) in [7, 11) is -3.65. The van der Waals surface area contributed by atoms with Gasteiger partial charge in [-0.2, -0.15) is 5.10 Å². The van der Waals surface area contributed by atoms with E-state index in [4.69, 9.17) is 0 Å². The van der Waals surface area contributed by atoms with Crippen LogP contribution in [-0.4, -0.2) is 30.8 Å². The summed E-state index contributed by atoms with van der Waals surface area (Å²) in [6.07, 6.45) is 0.909. The molecule has 0 spiro atoms. The number of aromatic nitrogens is 2. The summed E-state index contributed by atoms with van der Waals surface area (Å²) in [4.78, 5) is 12.4. The predicted octanol–water partition coefficient (Wildman–Crippen LogP) is 3.60. The highest BCUT2D eigenvalue weighted by Crippen LogP contribution is 2.23. The normalized spacial score (nSPS) is 11.2. The summed E-state index contributed by atoms with van der Waals surface area (Å²) in [5.41, 5.74) is 1.60. The number of hydrogen-bond donors (Lipinski definition) is 3. The average molecular weight is 453 g/mol. The molecule has 2 aromatic carbocycles. The first-order chi connectivity index (χ1) is 12.7. The second kappa shape index (κ2) is 7.49. The van der Waals surface area contributed by atoms with Gasteiger partial charge in [-0.05, 0) is 36.4 Å². The Morgan fingerprint density at radius 1 is 1.15 bits per heavy atom. The lowest BCUT2D eigenvalue weighted by atomic mass is 10.1. The lowest BCUT2D eigenvalue weighted by molar-refractivity contribution is 0.102. The first-order valence-electron chi connectivity index (χ1n) is 7.61. The molecule has 0 fully saturated rings. The van der Waals surface area contributed by atoms with Gasteiger partial charge in [-0.15, -0.1) is 0 Å². The molecule has 7 nitrogen and oxygen atoms in total. The van der Waals surface area contributed by atoms with Gasteiger partial charge in [-0.1, -0.05) is 28.1 Å². The summed E-state index contributed by atoms with van der Waals surface area (Å²) in [6, 6.07) is 12.6. The molecule has 0 atom stereocenters. The first-order valence-corrected chi connectivity index (χ1v) is 10.3. The van der Waals surface area contributed by atoms with E-state index < -0.39 is 21.7 Å². The van der Waals surface area contributed by atoms with Crippen molar-refractivity contribution in [2.75, 3.05) is 16.3 Å². The highest BCUT2D eigenvalue weighted by atomic mass is 79.9. The molecule has 0 saturated carbocycles. The van der Waals surface area contributed by atoms with E-state index in [2.05, 4.69) is 36.2 Å². The molecule has 3 aromatic rings. The zero-order chi connectivity index (χ0) is 19.6. The molecule has 0 unspecified atom stereocenters. The molecule has 0 bridgehead atoms. The number of anilines is 2. The molecular formula is C17H14BrFN4O3S. The minimum Gasteiger partial charge on any atom is -0.321 e. The largest absolute Gasteiger partial charge is 0.321 e. The van der Waals surface area contributed by atoms with Gasteiger partial charge in [0.2, 0.25) is 10.0 Å². The van der Waals surface area contributed by atoms with Crippen molar-refractivity contribution in [2.45, 2.75) is 0 Å². The molecule has 3 N–H and O–H groups in total. The van der Waals surface area contributed by atoms with Gasteiger partial charge in [-0.3, -0.25) is 14.6 Å². The van der Waals surface area contributed by atoms with Crippen molar-refractivity contribution in [1.82, 2.24) is 10.2 Å². The van der Waals surface area contributed by atoms with Crippen molar-refractivity contribution < 1.29 is 17.6 Å². The minimum atomic E-state index is -3.65. The topological polar surface area (TPSA) is 104 Å². The number of halogens is 2. The van der Waals surface area contributed by atoms with Crippen LogP contribution in [0.25, 0.3) is 11.3 Å². The van der Waals surface area contributed by atoms with Crippen LogP contribution in [0.15, 0.2) is 53.0 Å². The zero-order valence-corrected chi connectivity index (χ0v) is 16.4. The molecule has 3 rings (SSSR count). The van der Waals surface area contributed by atoms with Crippen molar-refractivity contribution in [1.29, 1.82) is 0 Å². The number of nitrogens with one attached hydrogen (secondary N) is 3. The van der Waals surface area contributed by atoms with E-state index in [0.717, 1.165) is 22.4 Å². The van der Waals surface area contributed by atoms with Gasteiger partial charge in [0, 0.05) is 15.7 Å². The van der Waals surface area contributed by atoms with Crippen LogP contribution in [0, 0.1) is 5.82 Å². The number of sulfonamides is 1. The van der Waals surface area contributed by atoms with Crippen LogP contribution in [0.1, 0.15) is 10.5 Å². The molecule has 140 valence electrons. The summed E-state index contributed by atoms with van der Waals surface area (Å²) in [6.45, 7) is 0. The highest BCUT2D eigenvalue weighted by Gasteiger charge is 2.14. The lowest BCUT2D eigenvalue weighted by Crippen LogP contribution is -2.14. The Kier molecular flexibility index (Phi) is 5.29. The molecule has 27 heavy (non-hydrogen) atoms. The van der Waals surface area contributed by atoms with Gasteiger partial charge in [0.05, 0.1) is 17.6 Å². The molecular weight excluding hydrogens is 439 g/mol. The van der Waals surface area contributed by atoms with E-state index in [1.807, 2.05) is 24.3 Å². The van der Waals surface area contributed by atoms with Crippen molar-refractivity contribution in [3.8, 4) is 11.3 Å². The SMILES string of the molecule is CS(=O)(=O)Nc1cc(NC(=O)c2cc(-c3ccc(Br)cc3)n[nH]2)ccc1F. The second-order valence-corrected chi connectivity index (χ2v) is 8.36. The van der Waals surface area contributed by atoms with Crippen LogP contribution < -0.4 is 10.0 Å². The van der Waals surface area contributed by atoms with Crippen molar-refractivity contribution >= 4 is 43.2 Å². The van der Waals surface area contributed by atoms with E-state index >= 15 is 0 Å². The number of rotatable bonds is 5. The fourth-order valence-electron chi connectivity index (χ4n) is 2.29. The molecule has 0 radical (unpaired) electrons. The van der Waals surface area contributed by atoms with Crippen molar-refractivity contribution in [3.63, 3.8) is 0 Å². The number of hydrogen-bond acceptors (Lipinski definition) is 4. The molecule has 1 heterocycles. The van der Waals surface area contributed by atoms with E-state index in [0.29, 0.717) is 5.69 Å². The van der Waals surface area contributed by atoms with Crippen LogP contribution in [0.4, 0.5) is 15.8 Å². The third-order valence-corrected chi connectivity index (χ3v) is 4.60. The van der Waals surface area contributed by atoms with Gasteiger partial charge in [0.15, 0.2) is 0 Å². The van der Waals surface area contributed by atoms with Crippen LogP contribution in [0.3, 0.4) is 0 Å². The maximum absolute atomic E-state index is 13.7. The Labute approximate surface area is 163 Å². The van der Waals surface area contributed by atoms with Gasteiger partial charge in [0.1, 0.15) is 11.5 Å². The number of aromatic amines is 1. The molecule has 0 saturated heterocycles. The number of carbonyl (C=O) groups excluding carboxylic acids is 1. The van der Waals surface area contributed by atoms with Crippen LogP contribution in [-0.2, 0) is 10.0 Å². The van der Waals surface area contributed by atoms with Gasteiger partial charge >= 0.3 is 0 Å². The molecule has 0 aliphatic rings. The quantitative estimate of drug-likeness (QED) is 0.549. The number of carbonyl (C=O) groups is 1. The van der Waals surface area contributed by atoms with Crippen molar-refractivity contribution in [3.05, 3.63) is 64.5 Å². The summed E-state index contributed by atoms with van der Waals surface area (Å²) < 4.78 is 39.3. The molecule has 1 amide bonds. The standard InChI is InChI=1S/C17H14BrFN4O3S/c1-27(25,26)23-15-8-12(6-7-13(15)19)20-17(24)16-9-14(21-22-16)10-2-4-11(18)5-3-10/h2-9,23H,1H3,(H,20,24)(H,21,22). The van der Waals surface area contributed by atoms with Crippen LogP contribution >= 0.6 is 15.9 Å². The highest BCUT2D eigenvalue weighted by molar-refractivity contribution is 9.10. The number of nitrogens with zero attached hydrogens (tertiary/aromatic N) is 1. The zero-order valence-electron chi connectivity index (χ0n) is 14.0. The Bertz CT molecular complexity index is 1100. The Balaban J connectivity index is 1.78. The van der Waals surface area contributed by atoms with E-state index in [-0.39, 0.29) is 17.1 Å². The fourth-order valence-corrected chi connectivity index (χ4v) is 3.11. The minimum absolute atomic E-state index is 0.204. The molecule has 10 heteroatoms. The number of amides is 1. The predicted molar refractivity (Wildman–Crippen MR) is 105 cm³/mol. The number of benzene rings is 2. The summed E-state index contributed by atoms with van der Waals surface area (Å²) in [5, 5.41) is 9.32. The van der Waals surface area contributed by atoms with Gasteiger partial charge < -0.3 is 5.32 Å². The van der Waals surface area contributed by atoms with E-state index in [9.17, 15) is 17.6 Å². The van der Waals surface area contributed by atoms with Gasteiger partial charge in [-0.25, -0.2) is 12.8 Å². The van der Waals surface area contributed by atoms with E-state index in [1.54, 1.807) is 6.07 Å². The molecule has 0 aliphatic heterocycles. The van der Waals surface area contributed by atoms with Crippen LogP contribution in [0.5, 0.6) is 0 Å². The van der Waals surface area contributed by atoms with Gasteiger partial charge in [0.25, 0.3) is 5.91 Å². The monoisotopic (exact) mass is 452 g/mol. The Morgan fingerprint density at radius 3 is 2.52 bits per heavy atom. The summed E-state index contributed by atoms with van der Waals surface area (Å²) >= 11 is 3.35. The smallest absolute Gasteiger partial charge is 0.273 e. The number of H-pyrrole nitrogens is 1. The first kappa shape index (κ1) is 19.1. The third-order valence-electron chi connectivity index (χ3n) is 3.48. The molecule has 1 aromatic heterocycles. The fraction of sp³-hybridized carbons (Fsp3) is 0.0588. The van der Waals surface area contributed by atoms with Crippen LogP contribution in [0.2, 0.25) is 0 Å². The third kappa shape index (κ3) is 4.92. The summed E-state index contributed by atoms with van der Waals surface area (Å²) in [5.74, 6) is -1.25. The van der Waals surface area contributed by atoms with E-state index in [1.165, 1.54) is 12.1 Å². The molecule has 0 aliphatic carbocycles. The van der Waals surface area contributed by atoms with Crippen molar-refractivity contribution in [2.24, 2.45) is 0 Å². The lowest BCUT2D eigenvalue weighted by Gasteiger charge is -2.09. The maximum atomic E-state index is 13.7. The Morgan fingerprint density at radius 2 is 1.85 bits per heavy atom.